The topological polar surface area (TPSA) is 29.9 Å². The SMILES string of the molecule is Cc1nn(C)c(C)c1-c1cccc2c1CCC(NCc1ccccc1)C2. The van der Waals surface area contributed by atoms with Gasteiger partial charge in [-0.15, -0.1) is 0 Å². The Morgan fingerprint density at radius 3 is 2.62 bits per heavy atom. The molecule has 1 N–H and O–H groups in total. The number of rotatable bonds is 4. The minimum absolute atomic E-state index is 0.550. The Hall–Kier alpha value is -2.39. The van der Waals surface area contributed by atoms with Crippen LogP contribution in [0.5, 0.6) is 0 Å². The van der Waals surface area contributed by atoms with Crippen molar-refractivity contribution in [3.63, 3.8) is 0 Å². The molecule has 0 saturated carbocycles. The summed E-state index contributed by atoms with van der Waals surface area (Å²) >= 11 is 0. The van der Waals surface area contributed by atoms with Gasteiger partial charge in [0.2, 0.25) is 0 Å². The first-order valence-electron chi connectivity index (χ1n) is 9.52. The lowest BCUT2D eigenvalue weighted by Gasteiger charge is -2.27. The van der Waals surface area contributed by atoms with E-state index in [0.29, 0.717) is 6.04 Å². The standard InChI is InChI=1S/C23H27N3/c1-16-23(17(2)26(3)25-16)22-11-7-10-19-14-20(12-13-21(19)22)24-15-18-8-5-4-6-9-18/h4-11,20,24H,12-15H2,1-3H3. The molecule has 0 aliphatic heterocycles. The number of fused-ring (bicyclic) bond motifs is 1. The zero-order valence-corrected chi connectivity index (χ0v) is 15.9. The molecular weight excluding hydrogens is 318 g/mol. The van der Waals surface area contributed by atoms with Crippen LogP contribution in [0, 0.1) is 13.8 Å². The van der Waals surface area contributed by atoms with E-state index in [4.69, 9.17) is 0 Å². The smallest absolute Gasteiger partial charge is 0.0674 e. The molecular formula is C23H27N3. The molecule has 0 amide bonds. The highest BCUT2D eigenvalue weighted by atomic mass is 15.3. The van der Waals surface area contributed by atoms with Gasteiger partial charge in [-0.05, 0) is 55.4 Å². The van der Waals surface area contributed by atoms with Crippen LogP contribution in [0.25, 0.3) is 11.1 Å². The van der Waals surface area contributed by atoms with Crippen LogP contribution in [-0.2, 0) is 26.4 Å². The third-order valence-corrected chi connectivity index (χ3v) is 5.70. The summed E-state index contributed by atoms with van der Waals surface area (Å²) in [5, 5.41) is 8.37. The third kappa shape index (κ3) is 3.19. The van der Waals surface area contributed by atoms with E-state index in [2.05, 4.69) is 72.8 Å². The highest BCUT2D eigenvalue weighted by Gasteiger charge is 2.23. The van der Waals surface area contributed by atoms with Gasteiger partial charge < -0.3 is 5.32 Å². The van der Waals surface area contributed by atoms with E-state index in [0.717, 1.165) is 25.1 Å². The van der Waals surface area contributed by atoms with E-state index in [1.807, 2.05) is 11.7 Å². The number of hydrogen-bond acceptors (Lipinski definition) is 2. The summed E-state index contributed by atoms with van der Waals surface area (Å²) in [6.07, 6.45) is 3.43. The summed E-state index contributed by atoms with van der Waals surface area (Å²) < 4.78 is 2.00. The molecule has 4 rings (SSSR count). The van der Waals surface area contributed by atoms with Crippen LogP contribution < -0.4 is 5.32 Å². The zero-order chi connectivity index (χ0) is 18.1. The molecule has 1 heterocycles. The van der Waals surface area contributed by atoms with Crippen molar-refractivity contribution in [2.45, 2.75) is 45.7 Å². The maximum atomic E-state index is 4.62. The van der Waals surface area contributed by atoms with Gasteiger partial charge in [-0.1, -0.05) is 48.5 Å². The molecule has 1 aliphatic rings. The summed E-state index contributed by atoms with van der Waals surface area (Å²) in [5.74, 6) is 0. The first-order valence-corrected chi connectivity index (χ1v) is 9.52. The molecule has 1 aliphatic carbocycles. The van der Waals surface area contributed by atoms with Crippen LogP contribution in [0.15, 0.2) is 48.5 Å². The Kier molecular flexibility index (Phi) is 4.64. The minimum atomic E-state index is 0.550. The molecule has 0 fully saturated rings. The largest absolute Gasteiger partial charge is 0.310 e. The van der Waals surface area contributed by atoms with E-state index in [1.165, 1.54) is 39.9 Å². The Morgan fingerprint density at radius 1 is 1.08 bits per heavy atom. The first kappa shape index (κ1) is 17.0. The molecule has 1 atom stereocenters. The van der Waals surface area contributed by atoms with E-state index < -0.39 is 0 Å². The summed E-state index contributed by atoms with van der Waals surface area (Å²) in [6.45, 7) is 5.23. The Labute approximate surface area is 156 Å². The van der Waals surface area contributed by atoms with Crippen molar-refractivity contribution in [2.75, 3.05) is 0 Å². The van der Waals surface area contributed by atoms with Gasteiger partial charge >= 0.3 is 0 Å². The number of hydrogen-bond donors (Lipinski definition) is 1. The van der Waals surface area contributed by atoms with Gasteiger partial charge in [0.25, 0.3) is 0 Å². The quantitative estimate of drug-likeness (QED) is 0.762. The monoisotopic (exact) mass is 345 g/mol. The first-order chi connectivity index (χ1) is 12.6. The second-order valence-electron chi connectivity index (χ2n) is 7.42. The zero-order valence-electron chi connectivity index (χ0n) is 15.9. The van der Waals surface area contributed by atoms with Crippen LogP contribution in [0.2, 0.25) is 0 Å². The Bertz CT molecular complexity index is 909. The van der Waals surface area contributed by atoms with Crippen molar-refractivity contribution < 1.29 is 0 Å². The predicted octanol–water partition coefficient (Wildman–Crippen LogP) is 4.35. The average Bonchev–Trinajstić information content (AvgIpc) is 2.92. The van der Waals surface area contributed by atoms with Gasteiger partial charge in [0.05, 0.1) is 5.69 Å². The summed E-state index contributed by atoms with van der Waals surface area (Å²) in [4.78, 5) is 0. The second-order valence-corrected chi connectivity index (χ2v) is 7.42. The van der Waals surface area contributed by atoms with E-state index >= 15 is 0 Å². The van der Waals surface area contributed by atoms with Gasteiger partial charge in [-0.2, -0.15) is 5.10 Å². The second kappa shape index (κ2) is 7.08. The number of nitrogens with zero attached hydrogens (tertiary/aromatic N) is 2. The van der Waals surface area contributed by atoms with Crippen LogP contribution >= 0.6 is 0 Å². The number of aryl methyl sites for hydroxylation is 2. The summed E-state index contributed by atoms with van der Waals surface area (Å²) in [5.41, 5.74) is 9.44. The number of nitrogens with one attached hydrogen (secondary N) is 1. The van der Waals surface area contributed by atoms with Crippen molar-refractivity contribution in [1.29, 1.82) is 0 Å². The molecule has 0 spiro atoms. The van der Waals surface area contributed by atoms with Crippen LogP contribution in [0.1, 0.15) is 34.5 Å². The molecule has 1 aromatic heterocycles. The van der Waals surface area contributed by atoms with Gasteiger partial charge in [-0.3, -0.25) is 4.68 Å². The van der Waals surface area contributed by atoms with Gasteiger partial charge in [0.1, 0.15) is 0 Å². The highest BCUT2D eigenvalue weighted by molar-refractivity contribution is 5.73. The lowest BCUT2D eigenvalue weighted by atomic mass is 9.83. The maximum Gasteiger partial charge on any atom is 0.0674 e. The molecule has 26 heavy (non-hydrogen) atoms. The van der Waals surface area contributed by atoms with Gasteiger partial charge in [-0.25, -0.2) is 0 Å². The Morgan fingerprint density at radius 2 is 1.88 bits per heavy atom. The van der Waals surface area contributed by atoms with Crippen molar-refractivity contribution in [3.05, 3.63) is 76.6 Å². The molecule has 0 saturated heterocycles. The van der Waals surface area contributed by atoms with Crippen molar-refractivity contribution >= 4 is 0 Å². The number of benzene rings is 2. The molecule has 1 unspecified atom stereocenters. The molecule has 3 nitrogen and oxygen atoms in total. The van der Waals surface area contributed by atoms with Crippen molar-refractivity contribution in [1.82, 2.24) is 15.1 Å². The summed E-state index contributed by atoms with van der Waals surface area (Å²) in [7, 11) is 2.03. The Balaban J connectivity index is 1.56. The lowest BCUT2D eigenvalue weighted by molar-refractivity contribution is 0.458. The van der Waals surface area contributed by atoms with E-state index in [1.54, 1.807) is 0 Å². The average molecular weight is 345 g/mol. The molecule has 3 aromatic rings. The van der Waals surface area contributed by atoms with Gasteiger partial charge in [0.15, 0.2) is 0 Å². The predicted molar refractivity (Wildman–Crippen MR) is 107 cm³/mol. The van der Waals surface area contributed by atoms with Crippen LogP contribution in [0.4, 0.5) is 0 Å². The molecule has 134 valence electrons. The fourth-order valence-corrected chi connectivity index (χ4v) is 4.24. The fourth-order valence-electron chi connectivity index (χ4n) is 4.24. The maximum absolute atomic E-state index is 4.62. The van der Waals surface area contributed by atoms with Crippen molar-refractivity contribution in [2.24, 2.45) is 7.05 Å². The molecule has 0 radical (unpaired) electrons. The highest BCUT2D eigenvalue weighted by Crippen LogP contribution is 2.35. The van der Waals surface area contributed by atoms with Crippen LogP contribution in [0.3, 0.4) is 0 Å². The lowest BCUT2D eigenvalue weighted by Crippen LogP contribution is -2.34. The van der Waals surface area contributed by atoms with Gasteiger partial charge in [0, 0.05) is 30.9 Å². The van der Waals surface area contributed by atoms with E-state index in [-0.39, 0.29) is 0 Å². The fraction of sp³-hybridized carbons (Fsp3) is 0.348. The third-order valence-electron chi connectivity index (χ3n) is 5.70. The van der Waals surface area contributed by atoms with Crippen molar-refractivity contribution in [3.8, 4) is 11.1 Å². The van der Waals surface area contributed by atoms with Crippen LogP contribution in [-0.4, -0.2) is 15.8 Å². The summed E-state index contributed by atoms with van der Waals surface area (Å²) in [6, 6.07) is 18.0. The number of aromatic nitrogens is 2. The molecule has 0 bridgehead atoms. The molecule has 3 heteroatoms. The molecule has 2 aromatic carbocycles. The normalized spacial score (nSPS) is 16.5. The minimum Gasteiger partial charge on any atom is -0.310 e. The van der Waals surface area contributed by atoms with E-state index in [9.17, 15) is 0 Å².